The van der Waals surface area contributed by atoms with E-state index in [9.17, 15) is 4.79 Å². The summed E-state index contributed by atoms with van der Waals surface area (Å²) in [6.45, 7) is 5.40. The van der Waals surface area contributed by atoms with Gasteiger partial charge in [0.25, 0.3) is 0 Å². The third kappa shape index (κ3) is 2.95. The molecule has 92 valence electrons. The second-order valence-electron chi connectivity index (χ2n) is 4.80. The van der Waals surface area contributed by atoms with E-state index in [1.807, 2.05) is 11.8 Å². The molecule has 4 nitrogen and oxygen atoms in total. The molecule has 0 aromatic heterocycles. The molecule has 2 aliphatic heterocycles. The van der Waals surface area contributed by atoms with Gasteiger partial charge < -0.3 is 15.0 Å². The summed E-state index contributed by atoms with van der Waals surface area (Å²) in [6, 6.07) is -0.0360. The van der Waals surface area contributed by atoms with Gasteiger partial charge in [0, 0.05) is 19.7 Å². The highest BCUT2D eigenvalue weighted by Crippen LogP contribution is 2.15. The molecule has 16 heavy (non-hydrogen) atoms. The van der Waals surface area contributed by atoms with E-state index in [1.165, 1.54) is 12.8 Å². The fourth-order valence-corrected chi connectivity index (χ4v) is 2.44. The van der Waals surface area contributed by atoms with Gasteiger partial charge in [-0.15, -0.1) is 0 Å². The molecule has 2 heterocycles. The Morgan fingerprint density at radius 2 is 2.31 bits per heavy atom. The zero-order valence-electron chi connectivity index (χ0n) is 10.1. The Kier molecular flexibility index (Phi) is 4.18. The van der Waals surface area contributed by atoms with Crippen molar-refractivity contribution in [2.24, 2.45) is 0 Å². The van der Waals surface area contributed by atoms with E-state index >= 15 is 0 Å². The van der Waals surface area contributed by atoms with Crippen LogP contribution in [0.4, 0.5) is 0 Å². The Morgan fingerprint density at radius 1 is 1.44 bits per heavy atom. The number of hydrogen-bond donors (Lipinski definition) is 1. The van der Waals surface area contributed by atoms with Crippen molar-refractivity contribution in [2.75, 3.05) is 26.2 Å². The number of rotatable bonds is 2. The van der Waals surface area contributed by atoms with E-state index in [2.05, 4.69) is 5.32 Å². The lowest BCUT2D eigenvalue weighted by Gasteiger charge is -2.30. The maximum atomic E-state index is 12.0. The van der Waals surface area contributed by atoms with Gasteiger partial charge in [-0.2, -0.15) is 0 Å². The minimum absolute atomic E-state index is 0.0360. The molecule has 0 aromatic rings. The third-order valence-corrected chi connectivity index (χ3v) is 3.44. The van der Waals surface area contributed by atoms with Crippen LogP contribution in [-0.2, 0) is 9.53 Å². The summed E-state index contributed by atoms with van der Waals surface area (Å²) in [6.07, 6.45) is 4.82. The van der Waals surface area contributed by atoms with E-state index < -0.39 is 0 Å². The average Bonchev–Trinajstić information content (AvgIpc) is 2.46. The molecule has 0 aromatic carbocycles. The molecular formula is C12H22N2O2. The summed E-state index contributed by atoms with van der Waals surface area (Å²) in [7, 11) is 0. The monoisotopic (exact) mass is 226 g/mol. The van der Waals surface area contributed by atoms with Crippen molar-refractivity contribution < 1.29 is 9.53 Å². The predicted molar refractivity (Wildman–Crippen MR) is 62.3 cm³/mol. The van der Waals surface area contributed by atoms with Crippen LogP contribution in [0, 0.1) is 0 Å². The van der Waals surface area contributed by atoms with Crippen molar-refractivity contribution in [1.29, 1.82) is 0 Å². The Hall–Kier alpha value is -0.610. The number of ether oxygens (including phenoxy) is 1. The van der Waals surface area contributed by atoms with Crippen LogP contribution >= 0.6 is 0 Å². The van der Waals surface area contributed by atoms with Crippen LogP contribution in [0.2, 0.25) is 0 Å². The highest BCUT2D eigenvalue weighted by Gasteiger charge is 2.26. The van der Waals surface area contributed by atoms with Crippen LogP contribution in [0.3, 0.4) is 0 Å². The van der Waals surface area contributed by atoms with E-state index in [-0.39, 0.29) is 18.1 Å². The van der Waals surface area contributed by atoms with Gasteiger partial charge in [-0.25, -0.2) is 0 Å². The van der Waals surface area contributed by atoms with Crippen molar-refractivity contribution in [1.82, 2.24) is 10.2 Å². The zero-order valence-corrected chi connectivity index (χ0v) is 10.1. The topological polar surface area (TPSA) is 41.6 Å². The quantitative estimate of drug-likeness (QED) is 0.756. The van der Waals surface area contributed by atoms with Gasteiger partial charge in [0.1, 0.15) is 0 Å². The van der Waals surface area contributed by atoms with Gasteiger partial charge in [0.2, 0.25) is 5.91 Å². The molecule has 2 rings (SSSR count). The lowest BCUT2D eigenvalue weighted by Crippen LogP contribution is -2.45. The van der Waals surface area contributed by atoms with Crippen LogP contribution in [0.25, 0.3) is 0 Å². The standard InChI is InChI=1S/C12H22N2O2/c1-10-12(15)14(7-4-6-13-10)9-11-5-2-3-8-16-11/h10-11,13H,2-9H2,1H3. The first-order valence-electron chi connectivity index (χ1n) is 6.41. The summed E-state index contributed by atoms with van der Waals surface area (Å²) in [5.74, 6) is 0.228. The molecular weight excluding hydrogens is 204 g/mol. The van der Waals surface area contributed by atoms with E-state index in [0.717, 1.165) is 39.1 Å². The maximum absolute atomic E-state index is 12.0. The Bertz CT molecular complexity index is 239. The average molecular weight is 226 g/mol. The summed E-state index contributed by atoms with van der Waals surface area (Å²) in [5.41, 5.74) is 0. The number of carbonyl (C=O) groups is 1. The minimum Gasteiger partial charge on any atom is -0.376 e. The summed E-state index contributed by atoms with van der Waals surface area (Å²) in [5, 5.41) is 3.23. The molecule has 0 bridgehead atoms. The molecule has 0 saturated carbocycles. The smallest absolute Gasteiger partial charge is 0.239 e. The highest BCUT2D eigenvalue weighted by molar-refractivity contribution is 5.81. The molecule has 1 amide bonds. The lowest BCUT2D eigenvalue weighted by molar-refractivity contribution is -0.134. The Morgan fingerprint density at radius 3 is 3.06 bits per heavy atom. The van der Waals surface area contributed by atoms with Gasteiger partial charge in [0.15, 0.2) is 0 Å². The Labute approximate surface area is 97.3 Å². The first-order chi connectivity index (χ1) is 7.77. The number of nitrogens with zero attached hydrogens (tertiary/aromatic N) is 1. The molecule has 0 aliphatic carbocycles. The fraction of sp³-hybridized carbons (Fsp3) is 0.917. The highest BCUT2D eigenvalue weighted by atomic mass is 16.5. The van der Waals surface area contributed by atoms with Crippen molar-refractivity contribution in [3.8, 4) is 0 Å². The van der Waals surface area contributed by atoms with E-state index in [0.29, 0.717) is 0 Å². The number of carbonyl (C=O) groups excluding carboxylic acids is 1. The molecule has 2 unspecified atom stereocenters. The predicted octanol–water partition coefficient (Wildman–Crippen LogP) is 0.766. The van der Waals surface area contributed by atoms with Crippen LogP contribution in [0.15, 0.2) is 0 Å². The summed E-state index contributed by atoms with van der Waals surface area (Å²) in [4.78, 5) is 14.0. The third-order valence-electron chi connectivity index (χ3n) is 3.44. The van der Waals surface area contributed by atoms with Gasteiger partial charge in [-0.1, -0.05) is 0 Å². The van der Waals surface area contributed by atoms with E-state index in [4.69, 9.17) is 4.74 Å². The summed E-state index contributed by atoms with van der Waals surface area (Å²) < 4.78 is 5.69. The first kappa shape index (κ1) is 11.9. The van der Waals surface area contributed by atoms with Crippen LogP contribution in [0.1, 0.15) is 32.6 Å². The number of nitrogens with one attached hydrogen (secondary N) is 1. The lowest BCUT2D eigenvalue weighted by atomic mass is 10.1. The van der Waals surface area contributed by atoms with Gasteiger partial charge in [-0.05, 0) is 39.2 Å². The Balaban J connectivity index is 1.88. The largest absolute Gasteiger partial charge is 0.376 e. The molecule has 4 heteroatoms. The molecule has 2 aliphatic rings. The van der Waals surface area contributed by atoms with Crippen molar-refractivity contribution in [3.63, 3.8) is 0 Å². The molecule has 0 radical (unpaired) electrons. The van der Waals surface area contributed by atoms with Crippen molar-refractivity contribution in [3.05, 3.63) is 0 Å². The van der Waals surface area contributed by atoms with Gasteiger partial charge in [-0.3, -0.25) is 4.79 Å². The zero-order chi connectivity index (χ0) is 11.4. The number of hydrogen-bond acceptors (Lipinski definition) is 3. The van der Waals surface area contributed by atoms with Gasteiger partial charge in [0.05, 0.1) is 12.1 Å². The molecule has 0 spiro atoms. The SMILES string of the molecule is CC1NCCCN(CC2CCCCO2)C1=O. The fourth-order valence-electron chi connectivity index (χ4n) is 2.44. The van der Waals surface area contributed by atoms with Crippen LogP contribution < -0.4 is 5.32 Å². The molecule has 2 saturated heterocycles. The van der Waals surface area contributed by atoms with Crippen LogP contribution in [-0.4, -0.2) is 49.2 Å². The normalized spacial score (nSPS) is 32.6. The molecule has 2 atom stereocenters. The second-order valence-corrected chi connectivity index (χ2v) is 4.80. The number of amides is 1. The van der Waals surface area contributed by atoms with Gasteiger partial charge >= 0.3 is 0 Å². The second kappa shape index (κ2) is 5.64. The van der Waals surface area contributed by atoms with E-state index in [1.54, 1.807) is 0 Å². The van der Waals surface area contributed by atoms with Crippen molar-refractivity contribution >= 4 is 5.91 Å². The minimum atomic E-state index is -0.0360. The summed E-state index contributed by atoms with van der Waals surface area (Å²) >= 11 is 0. The molecule has 2 fully saturated rings. The molecule has 1 N–H and O–H groups in total. The first-order valence-corrected chi connectivity index (χ1v) is 6.41. The maximum Gasteiger partial charge on any atom is 0.239 e. The van der Waals surface area contributed by atoms with Crippen LogP contribution in [0.5, 0.6) is 0 Å². The van der Waals surface area contributed by atoms with Crippen molar-refractivity contribution in [2.45, 2.75) is 44.8 Å².